The van der Waals surface area contributed by atoms with Gasteiger partial charge in [0.25, 0.3) is 0 Å². The summed E-state index contributed by atoms with van der Waals surface area (Å²) in [5, 5.41) is 13.8. The molecule has 0 saturated heterocycles. The Morgan fingerprint density at radius 3 is 2.76 bits per heavy atom. The third kappa shape index (κ3) is 5.15. The molecule has 0 aliphatic carbocycles. The second kappa shape index (κ2) is 9.07. The number of aryl methyl sites for hydroxylation is 1. The Morgan fingerprint density at radius 2 is 2.03 bits per heavy atom. The molecule has 1 amide bonds. The number of rotatable bonds is 8. The topological polar surface area (TPSA) is 94.2 Å². The Hall–Kier alpha value is -3.04. The first-order valence-electron chi connectivity index (χ1n) is 10.7. The van der Waals surface area contributed by atoms with Crippen LogP contribution in [0.4, 0.5) is 0 Å². The van der Waals surface area contributed by atoms with Gasteiger partial charge in [-0.2, -0.15) is 0 Å². The van der Waals surface area contributed by atoms with E-state index in [4.69, 9.17) is 9.72 Å². The number of amides is 1. The molecule has 1 aromatic carbocycles. The van der Waals surface area contributed by atoms with Crippen molar-refractivity contribution < 1.29 is 14.6 Å². The van der Waals surface area contributed by atoms with E-state index in [1.807, 2.05) is 34.5 Å². The van der Waals surface area contributed by atoms with Gasteiger partial charge in [0.2, 0.25) is 5.91 Å². The van der Waals surface area contributed by atoms with Crippen LogP contribution >= 0.6 is 10.0 Å². The normalized spacial score (nSPS) is 12.5. The Balaban J connectivity index is 1.78. The maximum Gasteiger partial charge on any atom is 0.217 e. The minimum absolute atomic E-state index is 0.111. The summed E-state index contributed by atoms with van der Waals surface area (Å²) in [6.07, 6.45) is 10.6. The molecule has 9 heteroatoms. The van der Waals surface area contributed by atoms with Crippen LogP contribution in [0.3, 0.4) is 0 Å². The first kappa shape index (κ1) is 23.1. The Morgan fingerprint density at radius 1 is 1.24 bits per heavy atom. The van der Waals surface area contributed by atoms with Crippen molar-refractivity contribution in [1.82, 2.24) is 24.4 Å². The second-order valence-corrected chi connectivity index (χ2v) is 13.7. The number of phenols is 1. The monoisotopic (exact) mass is 469 g/mol. The zero-order valence-electron chi connectivity index (χ0n) is 19.8. The van der Waals surface area contributed by atoms with Gasteiger partial charge in [0.1, 0.15) is 18.0 Å². The summed E-state index contributed by atoms with van der Waals surface area (Å²) in [5.74, 6) is 1.13. The van der Waals surface area contributed by atoms with Gasteiger partial charge in [-0.25, -0.2) is 20.0 Å². The molecule has 0 bridgehead atoms. The van der Waals surface area contributed by atoms with Gasteiger partial charge in [0.15, 0.2) is 5.65 Å². The summed E-state index contributed by atoms with van der Waals surface area (Å²) in [7, 11) is 1.34. The summed E-state index contributed by atoms with van der Waals surface area (Å²) in [5.41, 5.74) is 5.04. The SMILES string of the molecule is CC(=O)NCc1cnc2c(cc(-c3cn(C)c4ccc(O)cc34)n2COCCS(C)(C)C)n1. The van der Waals surface area contributed by atoms with Gasteiger partial charge in [0.05, 0.1) is 30.7 Å². The fourth-order valence-electron chi connectivity index (χ4n) is 3.76. The standard InChI is InChI=1S/C24H31N5O3S/c1-16(30)25-12-17-13-26-24-21(27-17)11-23(29(24)15-32-8-9-33(3,4)5)20-14-28(2)22-7-6-18(31)10-19(20)22/h6-7,10-11,13-14,31H,8-9,12,15H2,1-5H3,(H,25,30). The molecule has 4 aromatic rings. The van der Waals surface area contributed by atoms with E-state index < -0.39 is 10.0 Å². The van der Waals surface area contributed by atoms with Gasteiger partial charge in [-0.3, -0.25) is 9.36 Å². The summed E-state index contributed by atoms with van der Waals surface area (Å²) >= 11 is 0. The predicted octanol–water partition coefficient (Wildman–Crippen LogP) is 3.60. The molecule has 0 radical (unpaired) electrons. The number of hydrogen-bond donors (Lipinski definition) is 2. The average molecular weight is 470 g/mol. The first-order chi connectivity index (χ1) is 15.6. The van der Waals surface area contributed by atoms with Crippen molar-refractivity contribution >= 4 is 38.0 Å². The minimum Gasteiger partial charge on any atom is -0.508 e. The predicted molar refractivity (Wildman–Crippen MR) is 135 cm³/mol. The highest BCUT2D eigenvalue weighted by molar-refractivity contribution is 8.32. The molecule has 33 heavy (non-hydrogen) atoms. The molecular weight excluding hydrogens is 438 g/mol. The maximum absolute atomic E-state index is 11.3. The van der Waals surface area contributed by atoms with Crippen LogP contribution in [-0.2, 0) is 29.9 Å². The Kier molecular flexibility index (Phi) is 6.36. The molecule has 8 nitrogen and oxygen atoms in total. The maximum atomic E-state index is 11.3. The number of carbonyl (C=O) groups is 1. The largest absolute Gasteiger partial charge is 0.508 e. The van der Waals surface area contributed by atoms with Crippen LogP contribution < -0.4 is 5.32 Å². The third-order valence-corrected chi connectivity index (χ3v) is 6.87. The molecule has 0 atom stereocenters. The molecular formula is C24H31N5O3S. The van der Waals surface area contributed by atoms with E-state index in [-0.39, 0.29) is 11.7 Å². The molecule has 4 rings (SSSR count). The van der Waals surface area contributed by atoms with E-state index in [1.165, 1.54) is 6.92 Å². The number of phenolic OH excluding ortho intramolecular Hbond substituents is 1. The number of benzene rings is 1. The summed E-state index contributed by atoms with van der Waals surface area (Å²) in [4.78, 5) is 20.7. The fourth-order valence-corrected chi connectivity index (χ4v) is 4.38. The van der Waals surface area contributed by atoms with Crippen LogP contribution in [-0.4, -0.2) is 61.2 Å². The van der Waals surface area contributed by atoms with Crippen LogP contribution in [0.5, 0.6) is 5.75 Å². The summed E-state index contributed by atoms with van der Waals surface area (Å²) < 4.78 is 10.1. The van der Waals surface area contributed by atoms with E-state index in [0.717, 1.165) is 39.1 Å². The molecule has 2 N–H and O–H groups in total. The third-order valence-electron chi connectivity index (χ3n) is 5.48. The molecule has 0 unspecified atom stereocenters. The number of nitrogens with one attached hydrogen (secondary N) is 1. The van der Waals surface area contributed by atoms with Crippen molar-refractivity contribution in [2.75, 3.05) is 31.1 Å². The number of carbonyl (C=O) groups excluding carboxylic acids is 1. The molecule has 3 aromatic heterocycles. The van der Waals surface area contributed by atoms with Crippen LogP contribution in [0, 0.1) is 0 Å². The lowest BCUT2D eigenvalue weighted by Crippen LogP contribution is -2.19. The number of aromatic hydroxyl groups is 1. The van der Waals surface area contributed by atoms with E-state index >= 15 is 0 Å². The van der Waals surface area contributed by atoms with Crippen molar-refractivity contribution in [3.8, 4) is 17.0 Å². The minimum atomic E-state index is -0.647. The molecule has 0 aliphatic heterocycles. The van der Waals surface area contributed by atoms with Crippen molar-refractivity contribution in [3.63, 3.8) is 0 Å². The molecule has 0 aliphatic rings. The van der Waals surface area contributed by atoms with Crippen LogP contribution in [0.25, 0.3) is 33.3 Å². The second-order valence-electron chi connectivity index (χ2n) is 9.12. The smallest absolute Gasteiger partial charge is 0.217 e. The zero-order valence-corrected chi connectivity index (χ0v) is 20.6. The van der Waals surface area contributed by atoms with Gasteiger partial charge in [-0.1, -0.05) is 0 Å². The highest BCUT2D eigenvalue weighted by atomic mass is 32.3. The highest BCUT2D eigenvalue weighted by Crippen LogP contribution is 2.36. The van der Waals surface area contributed by atoms with Gasteiger partial charge < -0.3 is 19.7 Å². The Bertz CT molecular complexity index is 1320. The van der Waals surface area contributed by atoms with Crippen molar-refractivity contribution in [2.24, 2.45) is 7.05 Å². The van der Waals surface area contributed by atoms with Crippen molar-refractivity contribution in [3.05, 3.63) is 42.4 Å². The number of hydrogen-bond acceptors (Lipinski definition) is 5. The molecule has 0 spiro atoms. The first-order valence-corrected chi connectivity index (χ1v) is 13.8. The number of ether oxygens (including phenoxy) is 1. The fraction of sp³-hybridized carbons (Fsp3) is 0.375. The summed E-state index contributed by atoms with van der Waals surface area (Å²) in [6, 6.07) is 7.37. The van der Waals surface area contributed by atoms with Crippen LogP contribution in [0.15, 0.2) is 36.7 Å². The molecule has 0 fully saturated rings. The number of aromatic nitrogens is 4. The molecule has 0 saturated carbocycles. The van der Waals surface area contributed by atoms with Crippen molar-refractivity contribution in [2.45, 2.75) is 20.2 Å². The zero-order chi connectivity index (χ0) is 23.8. The molecule has 3 heterocycles. The van der Waals surface area contributed by atoms with E-state index in [0.29, 0.717) is 25.6 Å². The van der Waals surface area contributed by atoms with Crippen molar-refractivity contribution in [1.29, 1.82) is 0 Å². The van der Waals surface area contributed by atoms with E-state index in [2.05, 4.69) is 29.1 Å². The lowest BCUT2D eigenvalue weighted by molar-refractivity contribution is -0.119. The lowest BCUT2D eigenvalue weighted by atomic mass is 10.1. The van der Waals surface area contributed by atoms with E-state index in [1.54, 1.807) is 18.3 Å². The van der Waals surface area contributed by atoms with Gasteiger partial charge in [0, 0.05) is 42.4 Å². The van der Waals surface area contributed by atoms with Gasteiger partial charge in [-0.15, -0.1) is 0 Å². The quantitative estimate of drug-likeness (QED) is 0.385. The highest BCUT2D eigenvalue weighted by Gasteiger charge is 2.18. The number of nitrogens with zero attached hydrogens (tertiary/aromatic N) is 4. The molecule has 176 valence electrons. The number of fused-ring (bicyclic) bond motifs is 2. The average Bonchev–Trinajstić information content (AvgIpc) is 3.25. The van der Waals surface area contributed by atoms with Crippen LogP contribution in [0.2, 0.25) is 0 Å². The Labute approximate surface area is 194 Å². The summed E-state index contributed by atoms with van der Waals surface area (Å²) in [6.45, 7) is 2.82. The van der Waals surface area contributed by atoms with Gasteiger partial charge >= 0.3 is 0 Å². The van der Waals surface area contributed by atoms with Gasteiger partial charge in [-0.05, 0) is 43.0 Å². The van der Waals surface area contributed by atoms with Crippen LogP contribution in [0.1, 0.15) is 12.6 Å². The lowest BCUT2D eigenvalue weighted by Gasteiger charge is -2.24. The van der Waals surface area contributed by atoms with E-state index in [9.17, 15) is 9.90 Å².